The normalized spacial score (nSPS) is 16.1. The monoisotopic (exact) mass is 252 g/mol. The number of aryl methyl sites for hydroxylation is 1. The van der Waals surface area contributed by atoms with Crippen LogP contribution in [-0.4, -0.2) is 31.6 Å². The van der Waals surface area contributed by atoms with Gasteiger partial charge in [0.05, 0.1) is 18.0 Å². The Morgan fingerprint density at radius 2 is 1.94 bits per heavy atom. The molecule has 0 amide bonds. The van der Waals surface area contributed by atoms with E-state index >= 15 is 0 Å². The maximum atomic E-state index is 12.3. The highest BCUT2D eigenvalue weighted by Crippen LogP contribution is 2.19. The van der Waals surface area contributed by atoms with E-state index in [0.717, 1.165) is 12.0 Å². The molecule has 4 nitrogen and oxygen atoms in total. The van der Waals surface area contributed by atoms with Gasteiger partial charge in [-0.05, 0) is 31.0 Å². The van der Waals surface area contributed by atoms with E-state index in [-0.39, 0.29) is 0 Å². The molecule has 1 aliphatic heterocycles. The molecule has 1 aliphatic rings. The Hall–Kier alpha value is -1.36. The lowest BCUT2D eigenvalue weighted by Crippen LogP contribution is -2.32. The van der Waals surface area contributed by atoms with Crippen LogP contribution < -0.4 is 0 Å². The van der Waals surface area contributed by atoms with Gasteiger partial charge >= 0.3 is 0 Å². The number of sulfonamides is 1. The third-order valence-electron chi connectivity index (χ3n) is 2.92. The number of benzene rings is 1. The van der Waals surface area contributed by atoms with E-state index in [9.17, 15) is 8.42 Å². The van der Waals surface area contributed by atoms with Crippen molar-refractivity contribution in [1.82, 2.24) is 4.31 Å². The first-order valence-corrected chi connectivity index (χ1v) is 7.12. The minimum Gasteiger partial charge on any atom is -0.270 e. The summed E-state index contributed by atoms with van der Waals surface area (Å²) in [5, 5.41) is 0. The highest BCUT2D eigenvalue weighted by Gasteiger charge is 2.27. The fraction of sp³-hybridized carbons (Fsp3) is 0.417. The van der Waals surface area contributed by atoms with Crippen molar-refractivity contribution in [2.24, 2.45) is 4.99 Å². The van der Waals surface area contributed by atoms with Crippen molar-refractivity contribution < 1.29 is 8.42 Å². The van der Waals surface area contributed by atoms with Crippen molar-refractivity contribution in [3.05, 3.63) is 29.8 Å². The number of rotatable bonds is 3. The molecule has 0 atom stereocenters. The van der Waals surface area contributed by atoms with E-state index in [1.54, 1.807) is 19.1 Å². The molecule has 5 heteroatoms. The van der Waals surface area contributed by atoms with Gasteiger partial charge in [-0.25, -0.2) is 8.42 Å². The summed E-state index contributed by atoms with van der Waals surface area (Å²) in [6, 6.07) is 7.05. The quantitative estimate of drug-likeness (QED) is 0.821. The van der Waals surface area contributed by atoms with Crippen molar-refractivity contribution in [3.8, 4) is 0 Å². The summed E-state index contributed by atoms with van der Waals surface area (Å²) in [5.41, 5.74) is 1.13. The largest absolute Gasteiger partial charge is 0.270 e. The van der Waals surface area contributed by atoms with Crippen LogP contribution in [0.5, 0.6) is 0 Å². The predicted octanol–water partition coefficient (Wildman–Crippen LogP) is 1.67. The molecule has 0 N–H and O–H groups in total. The summed E-state index contributed by atoms with van der Waals surface area (Å²) < 4.78 is 25.9. The molecule has 1 aromatic rings. The van der Waals surface area contributed by atoms with E-state index in [1.165, 1.54) is 4.31 Å². The van der Waals surface area contributed by atoms with Crippen LogP contribution in [-0.2, 0) is 16.4 Å². The van der Waals surface area contributed by atoms with Crippen LogP contribution >= 0.6 is 0 Å². The highest BCUT2D eigenvalue weighted by atomic mass is 32.2. The number of aliphatic imine (C=N–C) groups is 1. The second-order valence-electron chi connectivity index (χ2n) is 4.00. The molecule has 0 saturated carbocycles. The third-order valence-corrected chi connectivity index (χ3v) is 4.82. The Kier molecular flexibility index (Phi) is 3.19. The standard InChI is InChI=1S/C12H16N2O2S/c1-3-11-4-6-12(7-5-11)17(15,16)14-9-8-13-10(14)2/h4-7H,3,8-9H2,1-2H3. The van der Waals surface area contributed by atoms with Crippen molar-refractivity contribution in [3.63, 3.8) is 0 Å². The first-order valence-electron chi connectivity index (χ1n) is 5.68. The van der Waals surface area contributed by atoms with Gasteiger partial charge in [0.2, 0.25) is 0 Å². The van der Waals surface area contributed by atoms with Crippen LogP contribution in [0, 0.1) is 0 Å². The molecule has 0 spiro atoms. The predicted molar refractivity (Wildman–Crippen MR) is 67.7 cm³/mol. The van der Waals surface area contributed by atoms with E-state index in [1.807, 2.05) is 19.1 Å². The molecule has 2 rings (SSSR count). The summed E-state index contributed by atoms with van der Waals surface area (Å²) in [4.78, 5) is 4.45. The van der Waals surface area contributed by atoms with Crippen LogP contribution in [0.4, 0.5) is 0 Å². The van der Waals surface area contributed by atoms with Gasteiger partial charge in [0.25, 0.3) is 10.0 Å². The van der Waals surface area contributed by atoms with E-state index in [0.29, 0.717) is 23.8 Å². The highest BCUT2D eigenvalue weighted by molar-refractivity contribution is 7.89. The molecular formula is C12H16N2O2S. The van der Waals surface area contributed by atoms with Crippen molar-refractivity contribution in [2.45, 2.75) is 25.2 Å². The number of nitrogens with zero attached hydrogens (tertiary/aromatic N) is 2. The van der Waals surface area contributed by atoms with Crippen LogP contribution in [0.2, 0.25) is 0 Å². The van der Waals surface area contributed by atoms with E-state index in [4.69, 9.17) is 0 Å². The minimum atomic E-state index is -3.41. The van der Waals surface area contributed by atoms with E-state index < -0.39 is 10.0 Å². The van der Waals surface area contributed by atoms with Gasteiger partial charge in [0, 0.05) is 0 Å². The smallest absolute Gasteiger partial charge is 0.265 e. The summed E-state index contributed by atoms with van der Waals surface area (Å²) in [6.07, 6.45) is 0.907. The first kappa shape index (κ1) is 12.1. The molecule has 0 aliphatic carbocycles. The molecule has 0 aromatic heterocycles. The SMILES string of the molecule is CCc1ccc(S(=O)(=O)N2CCN=C2C)cc1. The molecule has 17 heavy (non-hydrogen) atoms. The molecule has 0 fully saturated rings. The molecule has 0 radical (unpaired) electrons. The zero-order valence-corrected chi connectivity index (χ0v) is 10.9. The molecule has 1 aromatic carbocycles. The van der Waals surface area contributed by atoms with Crippen molar-refractivity contribution in [1.29, 1.82) is 0 Å². The Morgan fingerprint density at radius 1 is 1.29 bits per heavy atom. The fourth-order valence-corrected chi connectivity index (χ4v) is 3.32. The molecule has 0 unspecified atom stereocenters. The van der Waals surface area contributed by atoms with Crippen molar-refractivity contribution >= 4 is 15.9 Å². The molecule has 0 bridgehead atoms. The lowest BCUT2D eigenvalue weighted by molar-refractivity contribution is 0.537. The number of hydrogen-bond donors (Lipinski definition) is 0. The van der Waals surface area contributed by atoms with Crippen molar-refractivity contribution in [2.75, 3.05) is 13.1 Å². The molecular weight excluding hydrogens is 236 g/mol. The molecule has 92 valence electrons. The maximum Gasteiger partial charge on any atom is 0.265 e. The Labute approximate surface area is 102 Å². The first-order chi connectivity index (χ1) is 8.05. The average molecular weight is 252 g/mol. The van der Waals surface area contributed by atoms with Gasteiger partial charge in [-0.1, -0.05) is 19.1 Å². The van der Waals surface area contributed by atoms with Gasteiger partial charge in [-0.2, -0.15) is 0 Å². The molecule has 0 saturated heterocycles. The van der Waals surface area contributed by atoms with E-state index in [2.05, 4.69) is 4.99 Å². The van der Waals surface area contributed by atoms with Crippen LogP contribution in [0.3, 0.4) is 0 Å². The minimum absolute atomic E-state index is 0.339. The maximum absolute atomic E-state index is 12.3. The third kappa shape index (κ3) is 2.20. The molecule has 1 heterocycles. The Balaban J connectivity index is 2.34. The van der Waals surface area contributed by atoms with Crippen LogP contribution in [0.25, 0.3) is 0 Å². The van der Waals surface area contributed by atoms with Crippen LogP contribution in [0.1, 0.15) is 19.4 Å². The van der Waals surface area contributed by atoms with Gasteiger partial charge < -0.3 is 0 Å². The lowest BCUT2D eigenvalue weighted by atomic mass is 10.2. The summed E-state index contributed by atoms with van der Waals surface area (Å²) in [5.74, 6) is 0.574. The Morgan fingerprint density at radius 3 is 2.41 bits per heavy atom. The lowest BCUT2D eigenvalue weighted by Gasteiger charge is -2.18. The number of hydrogen-bond acceptors (Lipinski definition) is 3. The summed E-state index contributed by atoms with van der Waals surface area (Å²) in [7, 11) is -3.41. The van der Waals surface area contributed by atoms with Gasteiger partial charge in [0.1, 0.15) is 5.84 Å². The summed E-state index contributed by atoms with van der Waals surface area (Å²) >= 11 is 0. The zero-order valence-electron chi connectivity index (χ0n) is 10.0. The Bertz CT molecular complexity index is 532. The second-order valence-corrected chi connectivity index (χ2v) is 5.87. The van der Waals surface area contributed by atoms with Gasteiger partial charge in [0.15, 0.2) is 0 Å². The van der Waals surface area contributed by atoms with Gasteiger partial charge in [-0.15, -0.1) is 0 Å². The van der Waals surface area contributed by atoms with Gasteiger partial charge in [-0.3, -0.25) is 9.30 Å². The van der Waals surface area contributed by atoms with Crippen LogP contribution in [0.15, 0.2) is 34.2 Å². The topological polar surface area (TPSA) is 49.7 Å². The summed E-state index contributed by atoms with van der Waals surface area (Å²) in [6.45, 7) is 4.77. The average Bonchev–Trinajstić information content (AvgIpc) is 2.76. The second kappa shape index (κ2) is 4.49. The number of amidine groups is 1. The zero-order chi connectivity index (χ0) is 12.5. The fourth-order valence-electron chi connectivity index (χ4n) is 1.86.